The van der Waals surface area contributed by atoms with Crippen molar-refractivity contribution in [2.45, 2.75) is 30.2 Å². The number of aryl methyl sites for hydroxylation is 1. The van der Waals surface area contributed by atoms with Crippen LogP contribution in [-0.2, 0) is 16.4 Å². The summed E-state index contributed by atoms with van der Waals surface area (Å²) in [5.41, 5.74) is 0.900. The Bertz CT molecular complexity index is 736. The molecule has 0 spiro atoms. The number of rotatable bonds is 3. The van der Waals surface area contributed by atoms with E-state index in [0.29, 0.717) is 4.34 Å². The molecule has 0 saturated heterocycles. The maximum absolute atomic E-state index is 12.4. The van der Waals surface area contributed by atoms with Crippen molar-refractivity contribution in [3.8, 4) is 0 Å². The van der Waals surface area contributed by atoms with Crippen LogP contribution in [0.3, 0.4) is 0 Å². The summed E-state index contributed by atoms with van der Waals surface area (Å²) in [7, 11) is -3.69. The van der Waals surface area contributed by atoms with Crippen LogP contribution in [0, 0.1) is 0 Å². The zero-order valence-electron chi connectivity index (χ0n) is 10.2. The number of halogens is 2. The Morgan fingerprint density at radius 1 is 1.40 bits per heavy atom. The Balaban J connectivity index is 1.91. The highest BCUT2D eigenvalue weighted by Crippen LogP contribution is 2.36. The summed E-state index contributed by atoms with van der Waals surface area (Å²) in [5.74, 6) is 0.846. The van der Waals surface area contributed by atoms with Crippen molar-refractivity contribution in [2.75, 3.05) is 0 Å². The second-order valence-electron chi connectivity index (χ2n) is 4.55. The predicted octanol–water partition coefficient (Wildman–Crippen LogP) is 4.00. The molecule has 0 bridgehead atoms. The van der Waals surface area contributed by atoms with Gasteiger partial charge >= 0.3 is 0 Å². The monoisotopic (exact) mass is 351 g/mol. The van der Waals surface area contributed by atoms with E-state index < -0.39 is 10.0 Å². The molecule has 1 N–H and O–H groups in total. The summed E-state index contributed by atoms with van der Waals surface area (Å²) in [5, 5.41) is 0. The van der Waals surface area contributed by atoms with Gasteiger partial charge in [0, 0.05) is 12.0 Å². The average Bonchev–Trinajstić information content (AvgIpc) is 2.96. The van der Waals surface area contributed by atoms with Gasteiger partial charge in [-0.3, -0.25) is 0 Å². The fourth-order valence-electron chi connectivity index (χ4n) is 2.37. The summed E-state index contributed by atoms with van der Waals surface area (Å²) in [4.78, 5) is 0.0322. The van der Waals surface area contributed by atoms with E-state index in [1.54, 1.807) is 6.26 Å². The van der Waals surface area contributed by atoms with E-state index in [2.05, 4.69) is 4.72 Å². The molecule has 8 heteroatoms. The van der Waals surface area contributed by atoms with Crippen molar-refractivity contribution in [3.63, 3.8) is 0 Å². The third kappa shape index (κ3) is 2.63. The van der Waals surface area contributed by atoms with Crippen molar-refractivity contribution in [2.24, 2.45) is 0 Å². The summed E-state index contributed by atoms with van der Waals surface area (Å²) in [6, 6.07) is 2.90. The lowest BCUT2D eigenvalue weighted by atomic mass is 9.94. The largest absolute Gasteiger partial charge is 0.469 e. The van der Waals surface area contributed by atoms with Crippen LogP contribution < -0.4 is 4.72 Å². The molecule has 2 heterocycles. The minimum atomic E-state index is -3.69. The first-order valence-corrected chi connectivity index (χ1v) is 9.06. The van der Waals surface area contributed by atoms with E-state index in [0.717, 1.165) is 41.9 Å². The van der Waals surface area contributed by atoms with Gasteiger partial charge in [-0.2, -0.15) is 0 Å². The van der Waals surface area contributed by atoms with Crippen LogP contribution >= 0.6 is 34.5 Å². The molecule has 0 aromatic carbocycles. The van der Waals surface area contributed by atoms with E-state index in [-0.39, 0.29) is 15.3 Å². The first-order chi connectivity index (χ1) is 9.47. The predicted molar refractivity (Wildman–Crippen MR) is 79.0 cm³/mol. The smallest absolute Gasteiger partial charge is 0.243 e. The first-order valence-electron chi connectivity index (χ1n) is 6.01. The molecule has 108 valence electrons. The molecule has 2 aromatic heterocycles. The Hall–Kier alpha value is -0.530. The molecule has 4 nitrogen and oxygen atoms in total. The lowest BCUT2D eigenvalue weighted by Crippen LogP contribution is -2.30. The van der Waals surface area contributed by atoms with Crippen LogP contribution in [0.15, 0.2) is 27.7 Å². The van der Waals surface area contributed by atoms with Crippen molar-refractivity contribution >= 4 is 44.6 Å². The number of nitrogens with one attached hydrogen (secondary N) is 1. The summed E-state index contributed by atoms with van der Waals surface area (Å²) >= 11 is 12.8. The Morgan fingerprint density at radius 3 is 2.90 bits per heavy atom. The van der Waals surface area contributed by atoms with Gasteiger partial charge in [-0.15, -0.1) is 11.3 Å². The first kappa shape index (κ1) is 14.4. The van der Waals surface area contributed by atoms with Crippen molar-refractivity contribution in [1.29, 1.82) is 0 Å². The van der Waals surface area contributed by atoms with Gasteiger partial charge in [-0.25, -0.2) is 13.1 Å². The SMILES string of the molecule is O=S(=O)(NC1CCCc2occc21)c1cc(Cl)sc1Cl. The number of hydrogen-bond acceptors (Lipinski definition) is 4. The Kier molecular flexibility index (Phi) is 3.85. The number of hydrogen-bond donors (Lipinski definition) is 1. The average molecular weight is 352 g/mol. The maximum Gasteiger partial charge on any atom is 0.243 e. The van der Waals surface area contributed by atoms with Gasteiger partial charge in [0.05, 0.1) is 16.6 Å². The quantitative estimate of drug-likeness (QED) is 0.908. The fourth-order valence-corrected chi connectivity index (χ4v) is 5.77. The molecule has 20 heavy (non-hydrogen) atoms. The molecule has 1 unspecified atom stereocenters. The normalized spacial score (nSPS) is 19.0. The molecule has 2 aromatic rings. The molecule has 1 aliphatic carbocycles. The highest BCUT2D eigenvalue weighted by atomic mass is 35.5. The van der Waals surface area contributed by atoms with Gasteiger partial charge in [0.25, 0.3) is 0 Å². The van der Waals surface area contributed by atoms with E-state index in [1.165, 1.54) is 6.07 Å². The second-order valence-corrected chi connectivity index (χ2v) is 8.52. The molecular formula is C12H11Cl2NO3S2. The van der Waals surface area contributed by atoms with Crippen LogP contribution in [0.1, 0.15) is 30.2 Å². The maximum atomic E-state index is 12.4. The topological polar surface area (TPSA) is 59.3 Å². The van der Waals surface area contributed by atoms with Crippen molar-refractivity contribution in [1.82, 2.24) is 4.72 Å². The van der Waals surface area contributed by atoms with E-state index in [9.17, 15) is 8.42 Å². The molecule has 0 amide bonds. The van der Waals surface area contributed by atoms with E-state index in [1.807, 2.05) is 6.07 Å². The van der Waals surface area contributed by atoms with Gasteiger partial charge in [-0.05, 0) is 25.0 Å². The van der Waals surface area contributed by atoms with Gasteiger partial charge < -0.3 is 4.42 Å². The molecule has 0 saturated carbocycles. The van der Waals surface area contributed by atoms with E-state index in [4.69, 9.17) is 27.6 Å². The van der Waals surface area contributed by atoms with Crippen molar-refractivity contribution < 1.29 is 12.8 Å². The molecular weight excluding hydrogens is 341 g/mol. The lowest BCUT2D eigenvalue weighted by Gasteiger charge is -2.22. The highest BCUT2D eigenvalue weighted by molar-refractivity contribution is 7.89. The molecule has 0 fully saturated rings. The zero-order chi connectivity index (χ0) is 14.3. The minimum absolute atomic E-state index is 0.0322. The van der Waals surface area contributed by atoms with Crippen LogP contribution in [0.2, 0.25) is 8.67 Å². The standard InChI is InChI=1S/C12H11Cl2NO3S2/c13-11-6-10(12(14)19-11)20(16,17)15-8-2-1-3-9-7(8)4-5-18-9/h4-6,8,15H,1-3H2. The molecule has 1 aliphatic rings. The van der Waals surface area contributed by atoms with Crippen LogP contribution in [-0.4, -0.2) is 8.42 Å². The number of sulfonamides is 1. The lowest BCUT2D eigenvalue weighted by molar-refractivity contribution is 0.438. The Labute approximate surface area is 130 Å². The summed E-state index contributed by atoms with van der Waals surface area (Å²) in [6.07, 6.45) is 4.05. The molecule has 0 aliphatic heterocycles. The van der Waals surface area contributed by atoms with Gasteiger partial charge in [0.1, 0.15) is 15.0 Å². The number of fused-ring (bicyclic) bond motifs is 1. The number of thiophene rings is 1. The summed E-state index contributed by atoms with van der Waals surface area (Å²) < 4.78 is 33.3. The van der Waals surface area contributed by atoms with Crippen LogP contribution in [0.25, 0.3) is 0 Å². The number of furan rings is 1. The van der Waals surface area contributed by atoms with Crippen molar-refractivity contribution in [3.05, 3.63) is 38.4 Å². The Morgan fingerprint density at radius 2 is 2.20 bits per heavy atom. The van der Waals surface area contributed by atoms with Gasteiger partial charge in [-0.1, -0.05) is 23.2 Å². The molecule has 0 radical (unpaired) electrons. The third-order valence-corrected chi connectivity index (χ3v) is 6.49. The van der Waals surface area contributed by atoms with Crippen LogP contribution in [0.4, 0.5) is 0 Å². The van der Waals surface area contributed by atoms with E-state index >= 15 is 0 Å². The van der Waals surface area contributed by atoms with Crippen LogP contribution in [0.5, 0.6) is 0 Å². The molecule has 1 atom stereocenters. The van der Waals surface area contributed by atoms with Gasteiger partial charge in [0.2, 0.25) is 10.0 Å². The fraction of sp³-hybridized carbons (Fsp3) is 0.333. The summed E-state index contributed by atoms with van der Waals surface area (Å²) in [6.45, 7) is 0. The third-order valence-electron chi connectivity index (χ3n) is 3.26. The van der Waals surface area contributed by atoms with Gasteiger partial charge in [0.15, 0.2) is 0 Å². The highest BCUT2D eigenvalue weighted by Gasteiger charge is 2.29. The zero-order valence-corrected chi connectivity index (χ0v) is 13.4. The minimum Gasteiger partial charge on any atom is -0.469 e. The second kappa shape index (κ2) is 5.35. The molecule has 3 rings (SSSR count).